The van der Waals surface area contributed by atoms with Gasteiger partial charge in [-0.15, -0.1) is 0 Å². The predicted molar refractivity (Wildman–Crippen MR) is 85.4 cm³/mol. The molecule has 0 N–H and O–H groups in total. The number of halogens is 1. The first-order chi connectivity index (χ1) is 11.3. The lowest BCUT2D eigenvalue weighted by Crippen LogP contribution is -2.38. The van der Waals surface area contributed by atoms with Gasteiger partial charge in [0.05, 0.1) is 24.9 Å². The van der Waals surface area contributed by atoms with E-state index in [1.807, 2.05) is 18.2 Å². The molecule has 0 bridgehead atoms. The number of hydrogen-bond acceptors (Lipinski definition) is 4. The Morgan fingerprint density at radius 3 is 2.91 bits per heavy atom. The van der Waals surface area contributed by atoms with E-state index in [-0.39, 0.29) is 5.82 Å². The monoisotopic (exact) mass is 315 g/mol. The Bertz CT molecular complexity index is 827. The topological polar surface area (TPSA) is 39.0 Å². The Kier molecular flexibility index (Phi) is 3.85. The van der Waals surface area contributed by atoms with Crippen molar-refractivity contribution in [1.82, 2.24) is 14.3 Å². The highest BCUT2D eigenvalue weighted by Gasteiger charge is 2.12. The van der Waals surface area contributed by atoms with Gasteiger partial charge in [-0.25, -0.2) is 9.37 Å². The molecule has 6 heteroatoms. The first-order valence-electron chi connectivity index (χ1n) is 7.80. The molecule has 2 aromatic heterocycles. The maximum Gasteiger partial charge on any atom is 0.150 e. The zero-order valence-corrected chi connectivity index (χ0v) is 12.7. The summed E-state index contributed by atoms with van der Waals surface area (Å²) >= 11 is 0. The largest absolute Gasteiger partial charge is 0.490 e. The van der Waals surface area contributed by atoms with E-state index in [0.29, 0.717) is 12.1 Å². The maximum absolute atomic E-state index is 13.7. The number of nitrogens with zero attached hydrogens (tertiary/aromatic N) is 3. The van der Waals surface area contributed by atoms with E-state index in [9.17, 15) is 4.39 Å². The Hall–Kier alpha value is -2.18. The fourth-order valence-corrected chi connectivity index (χ4v) is 2.94. The molecule has 23 heavy (non-hydrogen) atoms. The zero-order valence-electron chi connectivity index (χ0n) is 12.7. The van der Waals surface area contributed by atoms with Crippen LogP contribution < -0.4 is 4.74 Å². The summed E-state index contributed by atoms with van der Waals surface area (Å²) in [6.07, 6.45) is 3.26. The molecule has 0 saturated carbocycles. The van der Waals surface area contributed by atoms with Gasteiger partial charge in [0.1, 0.15) is 29.2 Å². The second-order valence-corrected chi connectivity index (χ2v) is 5.60. The smallest absolute Gasteiger partial charge is 0.150 e. The summed E-state index contributed by atoms with van der Waals surface area (Å²) in [7, 11) is 0. The number of rotatable bonds is 4. The lowest BCUT2D eigenvalue weighted by Gasteiger charge is -2.26. The Labute approximate surface area is 133 Å². The van der Waals surface area contributed by atoms with Gasteiger partial charge in [0.15, 0.2) is 0 Å². The van der Waals surface area contributed by atoms with Crippen LogP contribution in [0.2, 0.25) is 0 Å². The van der Waals surface area contributed by atoms with Gasteiger partial charge in [-0.05, 0) is 18.2 Å². The number of fused-ring (bicyclic) bond motifs is 3. The van der Waals surface area contributed by atoms with Gasteiger partial charge in [-0.1, -0.05) is 6.07 Å². The molecular formula is C17H18FN3O2. The molecule has 0 unspecified atom stereocenters. The average molecular weight is 315 g/mol. The molecule has 0 aliphatic carbocycles. The minimum Gasteiger partial charge on any atom is -0.490 e. The van der Waals surface area contributed by atoms with Crippen molar-refractivity contribution in [1.29, 1.82) is 0 Å². The molecule has 1 saturated heterocycles. The van der Waals surface area contributed by atoms with E-state index >= 15 is 0 Å². The first-order valence-corrected chi connectivity index (χ1v) is 7.80. The van der Waals surface area contributed by atoms with Crippen molar-refractivity contribution in [2.45, 2.75) is 0 Å². The highest BCUT2D eigenvalue weighted by Crippen LogP contribution is 2.25. The summed E-state index contributed by atoms with van der Waals surface area (Å²) in [5.41, 5.74) is 2.07. The highest BCUT2D eigenvalue weighted by molar-refractivity contribution is 5.84. The van der Waals surface area contributed by atoms with Crippen molar-refractivity contribution in [3.05, 3.63) is 42.5 Å². The molecule has 5 nitrogen and oxygen atoms in total. The molecule has 0 amide bonds. The summed E-state index contributed by atoms with van der Waals surface area (Å²) < 4.78 is 26.7. The third-order valence-corrected chi connectivity index (χ3v) is 4.20. The average Bonchev–Trinajstić information content (AvgIpc) is 2.98. The van der Waals surface area contributed by atoms with E-state index in [4.69, 9.17) is 9.47 Å². The molecular weight excluding hydrogens is 297 g/mol. The van der Waals surface area contributed by atoms with Crippen LogP contribution in [0.15, 0.2) is 36.7 Å². The molecule has 3 aromatic rings. The fraction of sp³-hybridized carbons (Fsp3) is 0.353. The van der Waals surface area contributed by atoms with Crippen LogP contribution in [0.25, 0.3) is 16.6 Å². The summed E-state index contributed by atoms with van der Waals surface area (Å²) in [6.45, 7) is 4.92. The molecule has 1 aromatic carbocycles. The second kappa shape index (κ2) is 6.14. The maximum atomic E-state index is 13.7. The number of aromatic nitrogens is 2. The third-order valence-electron chi connectivity index (χ3n) is 4.20. The van der Waals surface area contributed by atoms with Crippen LogP contribution in [-0.4, -0.2) is 53.7 Å². The van der Waals surface area contributed by atoms with Gasteiger partial charge in [0.25, 0.3) is 0 Å². The highest BCUT2D eigenvalue weighted by atomic mass is 19.1. The van der Waals surface area contributed by atoms with Crippen LogP contribution >= 0.6 is 0 Å². The molecule has 0 spiro atoms. The fourth-order valence-electron chi connectivity index (χ4n) is 2.94. The van der Waals surface area contributed by atoms with Gasteiger partial charge in [-0.3, -0.25) is 4.90 Å². The third kappa shape index (κ3) is 2.75. The quantitative estimate of drug-likeness (QED) is 0.741. The molecule has 3 heterocycles. The lowest BCUT2D eigenvalue weighted by atomic mass is 10.2. The Balaban J connectivity index is 1.56. The Morgan fingerprint density at radius 2 is 2.04 bits per heavy atom. The molecule has 120 valence electrons. The normalized spacial score (nSPS) is 16.2. The van der Waals surface area contributed by atoms with Gasteiger partial charge in [0.2, 0.25) is 0 Å². The predicted octanol–water partition coefficient (Wildman–Crippen LogP) is 2.34. The van der Waals surface area contributed by atoms with Crippen LogP contribution in [0.3, 0.4) is 0 Å². The minimum atomic E-state index is -0.266. The van der Waals surface area contributed by atoms with E-state index in [2.05, 4.69) is 9.88 Å². The standard InChI is InChI=1S/C17H18FN3O2/c18-13-4-5-21-14-2-1-3-16(17(14)19-12-15(13)21)23-11-8-20-6-9-22-10-7-20/h1-5,12H,6-11H2. The van der Waals surface area contributed by atoms with Crippen LogP contribution in [0, 0.1) is 5.82 Å². The number of para-hydroxylation sites is 1. The lowest BCUT2D eigenvalue weighted by molar-refractivity contribution is 0.0323. The first kappa shape index (κ1) is 14.4. The molecule has 1 fully saturated rings. The molecule has 0 atom stereocenters. The van der Waals surface area contributed by atoms with Crippen LogP contribution in [0.4, 0.5) is 4.39 Å². The zero-order chi connectivity index (χ0) is 15.6. The summed E-state index contributed by atoms with van der Waals surface area (Å²) in [5.74, 6) is 0.463. The van der Waals surface area contributed by atoms with Crippen LogP contribution in [0.5, 0.6) is 5.75 Å². The summed E-state index contributed by atoms with van der Waals surface area (Å²) in [6, 6.07) is 7.18. The van der Waals surface area contributed by atoms with Crippen LogP contribution in [-0.2, 0) is 4.74 Å². The van der Waals surface area contributed by atoms with Gasteiger partial charge in [0, 0.05) is 25.8 Å². The van der Waals surface area contributed by atoms with Crippen molar-refractivity contribution in [3.63, 3.8) is 0 Å². The van der Waals surface area contributed by atoms with Crippen molar-refractivity contribution in [3.8, 4) is 5.75 Å². The second-order valence-electron chi connectivity index (χ2n) is 5.60. The van der Waals surface area contributed by atoms with Gasteiger partial charge in [-0.2, -0.15) is 0 Å². The van der Waals surface area contributed by atoms with Crippen molar-refractivity contribution >= 4 is 16.6 Å². The van der Waals surface area contributed by atoms with Crippen molar-refractivity contribution in [2.75, 3.05) is 39.5 Å². The summed E-state index contributed by atoms with van der Waals surface area (Å²) in [4.78, 5) is 6.71. The van der Waals surface area contributed by atoms with E-state index in [0.717, 1.165) is 49.6 Å². The van der Waals surface area contributed by atoms with Gasteiger partial charge < -0.3 is 13.9 Å². The molecule has 1 aliphatic rings. The Morgan fingerprint density at radius 1 is 1.17 bits per heavy atom. The number of benzene rings is 1. The SMILES string of the molecule is Fc1ccn2c1cnc1c(OCCN3CCOCC3)cccc12. The number of morpholine rings is 1. The van der Waals surface area contributed by atoms with E-state index < -0.39 is 0 Å². The van der Waals surface area contributed by atoms with Crippen molar-refractivity contribution < 1.29 is 13.9 Å². The van der Waals surface area contributed by atoms with Crippen molar-refractivity contribution in [2.24, 2.45) is 0 Å². The number of ether oxygens (including phenoxy) is 2. The van der Waals surface area contributed by atoms with Crippen LogP contribution in [0.1, 0.15) is 0 Å². The van der Waals surface area contributed by atoms with E-state index in [1.165, 1.54) is 6.07 Å². The molecule has 4 rings (SSSR count). The molecule has 0 radical (unpaired) electrons. The minimum absolute atomic E-state index is 0.266. The summed E-state index contributed by atoms with van der Waals surface area (Å²) in [5, 5.41) is 0. The van der Waals surface area contributed by atoms with Gasteiger partial charge >= 0.3 is 0 Å². The van der Waals surface area contributed by atoms with E-state index in [1.54, 1.807) is 16.8 Å². The number of hydrogen-bond donors (Lipinski definition) is 0. The molecule has 1 aliphatic heterocycles.